The number of phenolic OH excluding ortho intramolecular Hbond substituents is 1. The highest BCUT2D eigenvalue weighted by molar-refractivity contribution is 6.36. The predicted octanol–water partition coefficient (Wildman–Crippen LogP) is 2.33. The van der Waals surface area contributed by atoms with Crippen molar-refractivity contribution in [3.63, 3.8) is 0 Å². The van der Waals surface area contributed by atoms with Crippen molar-refractivity contribution in [1.82, 2.24) is 0 Å². The zero-order chi connectivity index (χ0) is 10.0. The molecule has 1 rings (SSSR count). The van der Waals surface area contributed by atoms with E-state index in [2.05, 4.69) is 0 Å². The number of phenols is 1. The van der Waals surface area contributed by atoms with E-state index < -0.39 is 5.97 Å². The van der Waals surface area contributed by atoms with Gasteiger partial charge in [-0.2, -0.15) is 0 Å². The van der Waals surface area contributed by atoms with Gasteiger partial charge in [0.05, 0.1) is 6.42 Å². The van der Waals surface area contributed by atoms with E-state index in [1.807, 2.05) is 0 Å². The van der Waals surface area contributed by atoms with E-state index in [9.17, 15) is 4.79 Å². The fourth-order valence-electron chi connectivity index (χ4n) is 0.910. The average molecular weight is 221 g/mol. The van der Waals surface area contributed by atoms with E-state index in [4.69, 9.17) is 33.4 Å². The molecule has 1 aromatic carbocycles. The summed E-state index contributed by atoms with van der Waals surface area (Å²) in [5.74, 6) is -1.10. The Kier molecular flexibility index (Phi) is 3.01. The quantitative estimate of drug-likeness (QED) is 0.805. The standard InChI is InChI=1S/C8H6Cl2O3/c9-6-1-4(11)2-7(10)5(6)3-8(12)13/h1-2,11H,3H2,(H,12,13). The second kappa shape index (κ2) is 3.85. The number of carboxylic acid groups (broad SMARTS) is 1. The van der Waals surface area contributed by atoms with Gasteiger partial charge < -0.3 is 10.2 Å². The first-order valence-corrected chi connectivity index (χ1v) is 4.15. The molecule has 70 valence electrons. The molecule has 0 saturated heterocycles. The molecular weight excluding hydrogens is 215 g/mol. The summed E-state index contributed by atoms with van der Waals surface area (Å²) in [5.41, 5.74) is 0.314. The second-order valence-electron chi connectivity index (χ2n) is 2.46. The zero-order valence-corrected chi connectivity index (χ0v) is 7.93. The Bertz CT molecular complexity index is 326. The maximum absolute atomic E-state index is 10.4. The monoisotopic (exact) mass is 220 g/mol. The molecule has 0 radical (unpaired) electrons. The van der Waals surface area contributed by atoms with Crippen molar-refractivity contribution in [2.45, 2.75) is 6.42 Å². The molecule has 3 nitrogen and oxygen atoms in total. The summed E-state index contributed by atoms with van der Waals surface area (Å²) in [6.07, 6.45) is -0.252. The lowest BCUT2D eigenvalue weighted by atomic mass is 10.1. The smallest absolute Gasteiger partial charge is 0.307 e. The third-order valence-corrected chi connectivity index (χ3v) is 2.13. The Morgan fingerprint density at radius 3 is 2.15 bits per heavy atom. The molecule has 0 saturated carbocycles. The van der Waals surface area contributed by atoms with Crippen molar-refractivity contribution in [1.29, 1.82) is 0 Å². The first-order chi connectivity index (χ1) is 6.00. The number of halogens is 2. The summed E-state index contributed by atoms with van der Waals surface area (Å²) in [4.78, 5) is 10.4. The van der Waals surface area contributed by atoms with Crippen LogP contribution in [0.5, 0.6) is 5.75 Å². The van der Waals surface area contributed by atoms with Gasteiger partial charge in [-0.15, -0.1) is 0 Å². The van der Waals surface area contributed by atoms with Crippen LogP contribution in [0.15, 0.2) is 12.1 Å². The molecule has 0 aliphatic carbocycles. The van der Waals surface area contributed by atoms with Crippen LogP contribution in [0.4, 0.5) is 0 Å². The zero-order valence-electron chi connectivity index (χ0n) is 6.42. The van der Waals surface area contributed by atoms with Crippen molar-refractivity contribution in [2.75, 3.05) is 0 Å². The van der Waals surface area contributed by atoms with Crippen molar-refractivity contribution in [2.24, 2.45) is 0 Å². The number of hydrogen-bond donors (Lipinski definition) is 2. The minimum atomic E-state index is -1.02. The van der Waals surface area contributed by atoms with E-state index in [0.29, 0.717) is 5.56 Å². The fraction of sp³-hybridized carbons (Fsp3) is 0.125. The molecule has 0 amide bonds. The SMILES string of the molecule is O=C(O)Cc1c(Cl)cc(O)cc1Cl. The number of rotatable bonds is 2. The van der Waals surface area contributed by atoms with Gasteiger partial charge in [0.1, 0.15) is 5.75 Å². The van der Waals surface area contributed by atoms with Crippen LogP contribution in [0.2, 0.25) is 10.0 Å². The molecule has 0 heterocycles. The maximum Gasteiger partial charge on any atom is 0.307 e. The first-order valence-electron chi connectivity index (χ1n) is 3.39. The molecule has 2 N–H and O–H groups in total. The van der Waals surface area contributed by atoms with Crippen LogP contribution in [-0.2, 0) is 11.2 Å². The topological polar surface area (TPSA) is 57.5 Å². The van der Waals surface area contributed by atoms with Gasteiger partial charge in [-0.25, -0.2) is 0 Å². The Labute approximate surface area is 84.5 Å². The lowest BCUT2D eigenvalue weighted by Crippen LogP contribution is -2.01. The van der Waals surface area contributed by atoms with Crippen molar-refractivity contribution in [3.8, 4) is 5.75 Å². The molecule has 0 aliphatic rings. The average Bonchev–Trinajstić information content (AvgIpc) is 1.96. The van der Waals surface area contributed by atoms with Crippen molar-refractivity contribution >= 4 is 29.2 Å². The molecule has 13 heavy (non-hydrogen) atoms. The third kappa shape index (κ3) is 2.50. The lowest BCUT2D eigenvalue weighted by Gasteiger charge is -2.04. The Morgan fingerprint density at radius 2 is 1.77 bits per heavy atom. The van der Waals surface area contributed by atoms with Gasteiger partial charge in [-0.1, -0.05) is 23.2 Å². The number of aliphatic carboxylic acids is 1. The molecule has 0 atom stereocenters. The molecule has 1 aromatic rings. The van der Waals surface area contributed by atoms with Gasteiger partial charge in [-0.05, 0) is 12.1 Å². The van der Waals surface area contributed by atoms with Crippen molar-refractivity contribution < 1.29 is 15.0 Å². The third-order valence-electron chi connectivity index (χ3n) is 1.45. The largest absolute Gasteiger partial charge is 0.508 e. The van der Waals surface area contributed by atoms with Gasteiger partial charge in [-0.3, -0.25) is 4.79 Å². The summed E-state index contributed by atoms with van der Waals surface area (Å²) >= 11 is 11.3. The minimum Gasteiger partial charge on any atom is -0.508 e. The maximum atomic E-state index is 10.4. The van der Waals surface area contributed by atoms with Gasteiger partial charge in [0.25, 0.3) is 0 Å². The molecular formula is C8H6Cl2O3. The Morgan fingerprint density at radius 1 is 1.31 bits per heavy atom. The minimum absolute atomic E-state index is 0.0795. The molecule has 0 aliphatic heterocycles. The molecule has 0 fully saturated rings. The molecule has 0 aromatic heterocycles. The summed E-state index contributed by atoms with van der Waals surface area (Å²) in [5, 5.41) is 17.9. The highest BCUT2D eigenvalue weighted by atomic mass is 35.5. The van der Waals surface area contributed by atoms with Gasteiger partial charge in [0.2, 0.25) is 0 Å². The van der Waals surface area contributed by atoms with Gasteiger partial charge in [0, 0.05) is 15.6 Å². The van der Waals surface area contributed by atoms with Crippen LogP contribution < -0.4 is 0 Å². The van der Waals surface area contributed by atoms with E-state index >= 15 is 0 Å². The lowest BCUT2D eigenvalue weighted by molar-refractivity contribution is -0.136. The second-order valence-corrected chi connectivity index (χ2v) is 3.27. The van der Waals surface area contributed by atoms with E-state index in [1.165, 1.54) is 12.1 Å². The Balaban J connectivity index is 3.13. The highest BCUT2D eigenvalue weighted by Gasteiger charge is 2.11. The number of aromatic hydroxyl groups is 1. The normalized spacial score (nSPS) is 10.0. The van der Waals surface area contributed by atoms with Gasteiger partial charge in [0.15, 0.2) is 0 Å². The number of hydrogen-bond acceptors (Lipinski definition) is 2. The number of benzene rings is 1. The van der Waals surface area contributed by atoms with E-state index in [0.717, 1.165) is 0 Å². The Hall–Kier alpha value is -0.930. The van der Waals surface area contributed by atoms with Crippen LogP contribution in [0, 0.1) is 0 Å². The predicted molar refractivity (Wildman–Crippen MR) is 49.5 cm³/mol. The molecule has 0 unspecified atom stereocenters. The van der Waals surface area contributed by atoms with Crippen molar-refractivity contribution in [3.05, 3.63) is 27.7 Å². The summed E-state index contributed by atoms with van der Waals surface area (Å²) in [6, 6.07) is 2.51. The van der Waals surface area contributed by atoms with Crippen LogP contribution >= 0.6 is 23.2 Å². The summed E-state index contributed by atoms with van der Waals surface area (Å²) in [7, 11) is 0. The molecule has 0 spiro atoms. The fourth-order valence-corrected chi connectivity index (χ4v) is 1.52. The first kappa shape index (κ1) is 10.2. The van der Waals surface area contributed by atoms with Gasteiger partial charge >= 0.3 is 5.97 Å². The van der Waals surface area contributed by atoms with Crippen LogP contribution in [0.3, 0.4) is 0 Å². The van der Waals surface area contributed by atoms with Crippen LogP contribution in [0.25, 0.3) is 0 Å². The van der Waals surface area contributed by atoms with E-state index in [1.54, 1.807) is 0 Å². The summed E-state index contributed by atoms with van der Waals surface area (Å²) < 4.78 is 0. The van der Waals surface area contributed by atoms with Crippen LogP contribution in [0.1, 0.15) is 5.56 Å². The number of carbonyl (C=O) groups is 1. The molecule has 0 bridgehead atoms. The summed E-state index contributed by atoms with van der Waals surface area (Å²) in [6.45, 7) is 0. The highest BCUT2D eigenvalue weighted by Crippen LogP contribution is 2.29. The molecule has 5 heteroatoms. The van der Waals surface area contributed by atoms with Crippen LogP contribution in [-0.4, -0.2) is 16.2 Å². The number of carboxylic acids is 1. The van der Waals surface area contributed by atoms with E-state index in [-0.39, 0.29) is 22.2 Å².